The first-order chi connectivity index (χ1) is 10.1. The highest BCUT2D eigenvalue weighted by molar-refractivity contribution is 6.31. The van der Waals surface area contributed by atoms with Gasteiger partial charge in [0.25, 0.3) is 0 Å². The Morgan fingerprint density at radius 1 is 1.29 bits per heavy atom. The van der Waals surface area contributed by atoms with E-state index in [0.717, 1.165) is 38.1 Å². The number of aromatic nitrogens is 2. The van der Waals surface area contributed by atoms with Gasteiger partial charge in [0.05, 0.1) is 5.02 Å². The van der Waals surface area contributed by atoms with Crippen molar-refractivity contribution >= 4 is 17.4 Å². The lowest BCUT2D eigenvalue weighted by Gasteiger charge is -2.08. The monoisotopic (exact) mass is 309 g/mol. The van der Waals surface area contributed by atoms with Crippen LogP contribution in [-0.4, -0.2) is 9.55 Å². The Kier molecular flexibility index (Phi) is 5.23. The van der Waals surface area contributed by atoms with E-state index >= 15 is 0 Å². The Bertz CT molecular complexity index is 622. The highest BCUT2D eigenvalue weighted by Crippen LogP contribution is 2.32. The summed E-state index contributed by atoms with van der Waals surface area (Å²) in [5.41, 5.74) is 7.08. The van der Waals surface area contributed by atoms with E-state index in [-0.39, 0.29) is 5.02 Å². The number of nitrogens with two attached hydrogens (primary N) is 1. The van der Waals surface area contributed by atoms with Crippen molar-refractivity contribution in [3.8, 4) is 11.3 Å². The molecule has 21 heavy (non-hydrogen) atoms. The third-order valence-corrected chi connectivity index (χ3v) is 3.79. The van der Waals surface area contributed by atoms with Crippen LogP contribution in [0, 0.1) is 5.82 Å². The zero-order valence-corrected chi connectivity index (χ0v) is 13.3. The molecular weight excluding hydrogens is 289 g/mol. The maximum atomic E-state index is 14.2. The summed E-state index contributed by atoms with van der Waals surface area (Å²) in [6.45, 7) is 5.03. The van der Waals surface area contributed by atoms with Crippen LogP contribution in [0.1, 0.15) is 38.9 Å². The normalized spacial score (nSPS) is 11.0. The zero-order chi connectivity index (χ0) is 15.4. The van der Waals surface area contributed by atoms with Crippen LogP contribution in [0.5, 0.6) is 0 Å². The number of hydrogen-bond donors (Lipinski definition) is 1. The zero-order valence-electron chi connectivity index (χ0n) is 12.5. The Morgan fingerprint density at radius 3 is 2.71 bits per heavy atom. The van der Waals surface area contributed by atoms with Crippen LogP contribution in [0.2, 0.25) is 5.02 Å². The predicted molar refractivity (Wildman–Crippen MR) is 85.9 cm³/mol. The fraction of sp³-hybridized carbons (Fsp3) is 0.438. The number of halogens is 2. The number of anilines is 1. The number of nitrogen functional groups attached to an aromatic ring is 1. The van der Waals surface area contributed by atoms with E-state index in [1.807, 2.05) is 4.57 Å². The molecular formula is C16H21ClFN3. The van der Waals surface area contributed by atoms with Crippen LogP contribution in [-0.2, 0) is 13.0 Å². The van der Waals surface area contributed by atoms with Crippen LogP contribution in [0.3, 0.4) is 0 Å². The number of hydrogen-bond acceptors (Lipinski definition) is 2. The second-order valence-electron chi connectivity index (χ2n) is 5.12. The molecule has 3 nitrogen and oxygen atoms in total. The molecule has 1 heterocycles. The van der Waals surface area contributed by atoms with E-state index in [2.05, 4.69) is 18.8 Å². The minimum Gasteiger partial charge on any atom is -0.383 e. The first-order valence-electron chi connectivity index (χ1n) is 7.39. The molecule has 0 aliphatic carbocycles. The van der Waals surface area contributed by atoms with Gasteiger partial charge >= 0.3 is 0 Å². The SMILES string of the molecule is CCCCn1c(CCC)nc(-c2cccc(Cl)c2F)c1N. The fourth-order valence-corrected chi connectivity index (χ4v) is 2.55. The van der Waals surface area contributed by atoms with Crippen molar-refractivity contribution in [2.24, 2.45) is 0 Å². The third kappa shape index (κ3) is 3.21. The Morgan fingerprint density at radius 2 is 2.05 bits per heavy atom. The van der Waals surface area contributed by atoms with Crippen molar-refractivity contribution in [3.05, 3.63) is 34.9 Å². The van der Waals surface area contributed by atoms with E-state index in [0.29, 0.717) is 17.1 Å². The molecule has 0 saturated carbocycles. The predicted octanol–water partition coefficient (Wildman–Crippen LogP) is 4.68. The van der Waals surface area contributed by atoms with Crippen molar-refractivity contribution in [1.82, 2.24) is 9.55 Å². The number of benzene rings is 1. The molecule has 0 aliphatic heterocycles. The minimum atomic E-state index is -0.464. The van der Waals surface area contributed by atoms with Gasteiger partial charge in [-0.3, -0.25) is 0 Å². The van der Waals surface area contributed by atoms with Gasteiger partial charge in [-0.2, -0.15) is 0 Å². The second-order valence-corrected chi connectivity index (χ2v) is 5.53. The Labute approximate surface area is 129 Å². The number of nitrogens with zero attached hydrogens (tertiary/aromatic N) is 2. The average molecular weight is 310 g/mol. The van der Waals surface area contributed by atoms with Gasteiger partial charge in [-0.1, -0.05) is 37.9 Å². The lowest BCUT2D eigenvalue weighted by Crippen LogP contribution is -2.07. The van der Waals surface area contributed by atoms with Crippen molar-refractivity contribution in [2.75, 3.05) is 5.73 Å². The molecule has 0 aliphatic rings. The second kappa shape index (κ2) is 6.94. The van der Waals surface area contributed by atoms with Crippen LogP contribution >= 0.6 is 11.6 Å². The van der Waals surface area contributed by atoms with Gasteiger partial charge in [-0.15, -0.1) is 0 Å². The number of aryl methyl sites for hydroxylation is 1. The van der Waals surface area contributed by atoms with Crippen molar-refractivity contribution in [2.45, 2.75) is 46.1 Å². The minimum absolute atomic E-state index is 0.0899. The molecule has 114 valence electrons. The summed E-state index contributed by atoms with van der Waals surface area (Å²) in [5, 5.41) is 0.0899. The molecule has 2 aromatic rings. The summed E-state index contributed by atoms with van der Waals surface area (Å²) < 4.78 is 16.2. The fourth-order valence-electron chi connectivity index (χ4n) is 2.38. The summed E-state index contributed by atoms with van der Waals surface area (Å²) >= 11 is 5.86. The van der Waals surface area contributed by atoms with Crippen LogP contribution in [0.25, 0.3) is 11.3 Å². The van der Waals surface area contributed by atoms with Crippen molar-refractivity contribution in [3.63, 3.8) is 0 Å². The summed E-state index contributed by atoms with van der Waals surface area (Å²) in [6.07, 6.45) is 3.90. The molecule has 1 aromatic heterocycles. The summed E-state index contributed by atoms with van der Waals surface area (Å²) in [4.78, 5) is 4.56. The van der Waals surface area contributed by atoms with Crippen molar-refractivity contribution in [1.29, 1.82) is 0 Å². The lowest BCUT2D eigenvalue weighted by atomic mass is 10.1. The van der Waals surface area contributed by atoms with Gasteiger partial charge < -0.3 is 10.3 Å². The maximum absolute atomic E-state index is 14.2. The van der Waals surface area contributed by atoms with Gasteiger partial charge in [0.15, 0.2) is 5.82 Å². The lowest BCUT2D eigenvalue weighted by molar-refractivity contribution is 0.604. The first-order valence-corrected chi connectivity index (χ1v) is 7.77. The van der Waals surface area contributed by atoms with E-state index in [1.165, 1.54) is 6.07 Å². The Balaban J connectivity index is 2.51. The van der Waals surface area contributed by atoms with E-state index < -0.39 is 5.82 Å². The molecule has 0 spiro atoms. The maximum Gasteiger partial charge on any atom is 0.151 e. The van der Waals surface area contributed by atoms with E-state index in [4.69, 9.17) is 17.3 Å². The summed E-state index contributed by atoms with van der Waals surface area (Å²) in [7, 11) is 0. The molecule has 0 bridgehead atoms. The first kappa shape index (κ1) is 15.8. The largest absolute Gasteiger partial charge is 0.383 e. The molecule has 2 N–H and O–H groups in total. The summed E-state index contributed by atoms with van der Waals surface area (Å²) in [5.74, 6) is 0.972. The van der Waals surface area contributed by atoms with Crippen LogP contribution in [0.4, 0.5) is 10.2 Å². The molecule has 0 atom stereocenters. The third-order valence-electron chi connectivity index (χ3n) is 3.50. The van der Waals surface area contributed by atoms with E-state index in [1.54, 1.807) is 12.1 Å². The topological polar surface area (TPSA) is 43.8 Å². The quantitative estimate of drug-likeness (QED) is 0.842. The number of rotatable bonds is 6. The van der Waals surface area contributed by atoms with Gasteiger partial charge in [0.1, 0.15) is 17.3 Å². The molecule has 0 amide bonds. The smallest absolute Gasteiger partial charge is 0.151 e. The van der Waals surface area contributed by atoms with Crippen LogP contribution < -0.4 is 5.73 Å². The summed E-state index contributed by atoms with van der Waals surface area (Å²) in [6, 6.07) is 4.90. The highest BCUT2D eigenvalue weighted by Gasteiger charge is 2.19. The van der Waals surface area contributed by atoms with Gasteiger partial charge in [0, 0.05) is 18.5 Å². The van der Waals surface area contributed by atoms with Gasteiger partial charge in [-0.05, 0) is 25.0 Å². The Hall–Kier alpha value is -1.55. The highest BCUT2D eigenvalue weighted by atomic mass is 35.5. The molecule has 2 rings (SSSR count). The molecule has 1 aromatic carbocycles. The van der Waals surface area contributed by atoms with Crippen molar-refractivity contribution < 1.29 is 4.39 Å². The molecule has 0 fully saturated rings. The van der Waals surface area contributed by atoms with Gasteiger partial charge in [-0.25, -0.2) is 9.37 Å². The van der Waals surface area contributed by atoms with E-state index in [9.17, 15) is 4.39 Å². The number of unbranched alkanes of at least 4 members (excludes halogenated alkanes) is 1. The van der Waals surface area contributed by atoms with Gasteiger partial charge in [0.2, 0.25) is 0 Å². The standard InChI is InChI=1S/C16H21ClFN3/c1-3-5-10-21-13(7-4-2)20-15(16(21)19)11-8-6-9-12(17)14(11)18/h6,8-9H,3-5,7,10,19H2,1-2H3. The molecule has 5 heteroatoms. The molecule has 0 unspecified atom stereocenters. The average Bonchev–Trinajstić information content (AvgIpc) is 2.77. The molecule has 0 radical (unpaired) electrons. The van der Waals surface area contributed by atoms with Crippen LogP contribution in [0.15, 0.2) is 18.2 Å². The molecule has 0 saturated heterocycles. The number of imidazole rings is 1.